The molecule has 0 heteroatoms. The Hall–Kier alpha value is -2.60. The zero-order valence-electron chi connectivity index (χ0n) is 16.9. The van der Waals surface area contributed by atoms with Crippen molar-refractivity contribution >= 4 is 21.5 Å². The molecule has 4 rings (SSSR count). The van der Waals surface area contributed by atoms with Crippen LogP contribution in [0.5, 0.6) is 0 Å². The Morgan fingerprint density at radius 3 is 1.63 bits per heavy atom. The maximum atomic E-state index is 2.30. The van der Waals surface area contributed by atoms with E-state index in [9.17, 15) is 0 Å². The van der Waals surface area contributed by atoms with Gasteiger partial charge in [-0.1, -0.05) is 113 Å². The van der Waals surface area contributed by atoms with Crippen LogP contribution in [0.3, 0.4) is 0 Å². The van der Waals surface area contributed by atoms with Crippen molar-refractivity contribution in [1.29, 1.82) is 0 Å². The zero-order chi connectivity index (χ0) is 19.2. The Morgan fingerprint density at radius 2 is 1.07 bits per heavy atom. The first kappa shape index (κ1) is 19.2. The Labute approximate surface area is 163 Å². The highest BCUT2D eigenvalue weighted by atomic mass is 14.0. The molecule has 0 radical (unpaired) electrons. The van der Waals surface area contributed by atoms with Crippen LogP contribution in [0.25, 0.3) is 21.5 Å². The maximum absolute atomic E-state index is 2.30. The Morgan fingerprint density at radius 1 is 0.556 bits per heavy atom. The SMILES string of the molecule is CC(C)Cc1ccc2ccccc2c1.CC(C)c1ccc2ccccc2c1. The summed E-state index contributed by atoms with van der Waals surface area (Å²) in [5.74, 6) is 1.35. The van der Waals surface area contributed by atoms with Gasteiger partial charge in [0.2, 0.25) is 0 Å². The quantitative estimate of drug-likeness (QED) is 0.349. The van der Waals surface area contributed by atoms with Gasteiger partial charge in [0.1, 0.15) is 0 Å². The van der Waals surface area contributed by atoms with E-state index in [1.807, 2.05) is 0 Å². The molecule has 0 amide bonds. The van der Waals surface area contributed by atoms with Crippen molar-refractivity contribution in [3.05, 3.63) is 96.1 Å². The molecule has 0 spiro atoms. The lowest BCUT2D eigenvalue weighted by atomic mass is 9.99. The first-order valence-corrected chi connectivity index (χ1v) is 9.99. The molecule has 0 unspecified atom stereocenters. The van der Waals surface area contributed by atoms with E-state index in [1.165, 1.54) is 39.1 Å². The van der Waals surface area contributed by atoms with Crippen LogP contribution in [0.4, 0.5) is 0 Å². The smallest absolute Gasteiger partial charge is 0.0181 e. The van der Waals surface area contributed by atoms with Crippen molar-refractivity contribution in [3.63, 3.8) is 0 Å². The van der Waals surface area contributed by atoms with E-state index in [0.717, 1.165) is 5.92 Å². The average Bonchev–Trinajstić information content (AvgIpc) is 2.67. The van der Waals surface area contributed by atoms with Crippen LogP contribution >= 0.6 is 0 Å². The van der Waals surface area contributed by atoms with Crippen LogP contribution in [0.1, 0.15) is 44.7 Å². The van der Waals surface area contributed by atoms with E-state index in [0.29, 0.717) is 5.92 Å². The first-order chi connectivity index (χ1) is 13.0. The van der Waals surface area contributed by atoms with E-state index in [-0.39, 0.29) is 0 Å². The number of hydrogen-bond donors (Lipinski definition) is 0. The first-order valence-electron chi connectivity index (χ1n) is 9.99. The Balaban J connectivity index is 0.000000156. The van der Waals surface area contributed by atoms with Crippen molar-refractivity contribution in [3.8, 4) is 0 Å². The van der Waals surface area contributed by atoms with Crippen molar-refractivity contribution in [1.82, 2.24) is 0 Å². The normalized spacial score (nSPS) is 11.0. The lowest BCUT2D eigenvalue weighted by Gasteiger charge is -2.06. The second-order valence-corrected chi connectivity index (χ2v) is 8.04. The number of hydrogen-bond acceptors (Lipinski definition) is 0. The van der Waals surface area contributed by atoms with Gasteiger partial charge in [0.05, 0.1) is 0 Å². The molecule has 0 aliphatic heterocycles. The third kappa shape index (κ3) is 5.20. The summed E-state index contributed by atoms with van der Waals surface area (Å²) in [5, 5.41) is 5.35. The monoisotopic (exact) mass is 354 g/mol. The minimum Gasteiger partial charge on any atom is -0.0625 e. The maximum Gasteiger partial charge on any atom is -0.0181 e. The second kappa shape index (κ2) is 8.86. The summed E-state index contributed by atoms with van der Waals surface area (Å²) >= 11 is 0. The molecular weight excluding hydrogens is 324 g/mol. The van der Waals surface area contributed by atoms with Crippen LogP contribution in [0.15, 0.2) is 84.9 Å². The molecule has 0 nitrogen and oxygen atoms in total. The van der Waals surface area contributed by atoms with Gasteiger partial charge in [0.25, 0.3) is 0 Å². The van der Waals surface area contributed by atoms with E-state index >= 15 is 0 Å². The van der Waals surface area contributed by atoms with Gasteiger partial charge in [-0.25, -0.2) is 0 Å². The molecule has 0 aromatic heterocycles. The summed E-state index contributed by atoms with van der Waals surface area (Å²) in [6.07, 6.45) is 1.17. The van der Waals surface area contributed by atoms with Crippen molar-refractivity contribution in [2.45, 2.75) is 40.0 Å². The van der Waals surface area contributed by atoms with Crippen LogP contribution < -0.4 is 0 Å². The summed E-state index contributed by atoms with van der Waals surface area (Å²) in [6.45, 7) is 8.97. The summed E-state index contributed by atoms with van der Waals surface area (Å²) in [6, 6.07) is 30.5. The lowest BCUT2D eigenvalue weighted by molar-refractivity contribution is 0.648. The summed E-state index contributed by atoms with van der Waals surface area (Å²) in [7, 11) is 0. The summed E-state index contributed by atoms with van der Waals surface area (Å²) < 4.78 is 0. The van der Waals surface area contributed by atoms with E-state index in [4.69, 9.17) is 0 Å². The second-order valence-electron chi connectivity index (χ2n) is 8.04. The fourth-order valence-electron chi connectivity index (χ4n) is 3.40. The van der Waals surface area contributed by atoms with Gasteiger partial charge in [-0.15, -0.1) is 0 Å². The molecular formula is C27H30. The van der Waals surface area contributed by atoms with Crippen LogP contribution in [0, 0.1) is 5.92 Å². The molecule has 0 heterocycles. The minimum absolute atomic E-state index is 0.615. The highest BCUT2D eigenvalue weighted by Gasteiger charge is 2.00. The standard InChI is InChI=1S/C14H16.C13H14/c1-11(2)9-12-7-8-13-5-3-4-6-14(13)10-12;1-10(2)12-8-7-11-5-3-4-6-13(11)9-12/h3-8,10-11H,9H2,1-2H3;3-10H,1-2H3. The molecule has 0 bridgehead atoms. The van der Waals surface area contributed by atoms with Gasteiger partial charge >= 0.3 is 0 Å². The minimum atomic E-state index is 0.615. The lowest BCUT2D eigenvalue weighted by Crippen LogP contribution is -1.93. The zero-order valence-corrected chi connectivity index (χ0v) is 16.9. The largest absolute Gasteiger partial charge is 0.0625 e. The van der Waals surface area contributed by atoms with Gasteiger partial charge in [-0.05, 0) is 50.9 Å². The number of benzene rings is 4. The van der Waals surface area contributed by atoms with E-state index < -0.39 is 0 Å². The highest BCUT2D eigenvalue weighted by molar-refractivity contribution is 5.83. The topological polar surface area (TPSA) is 0 Å². The van der Waals surface area contributed by atoms with Crippen molar-refractivity contribution in [2.75, 3.05) is 0 Å². The van der Waals surface area contributed by atoms with Crippen molar-refractivity contribution in [2.24, 2.45) is 5.92 Å². The molecule has 0 saturated heterocycles. The van der Waals surface area contributed by atoms with Crippen LogP contribution in [-0.4, -0.2) is 0 Å². The summed E-state index contributed by atoms with van der Waals surface area (Å²) in [4.78, 5) is 0. The van der Waals surface area contributed by atoms with Crippen LogP contribution in [0.2, 0.25) is 0 Å². The molecule has 0 atom stereocenters. The third-order valence-electron chi connectivity index (χ3n) is 4.90. The fraction of sp³-hybridized carbons (Fsp3) is 0.259. The number of rotatable bonds is 3. The van der Waals surface area contributed by atoms with Gasteiger partial charge in [-0.2, -0.15) is 0 Å². The molecule has 27 heavy (non-hydrogen) atoms. The summed E-state index contributed by atoms with van der Waals surface area (Å²) in [5.41, 5.74) is 2.86. The molecule has 4 aromatic carbocycles. The van der Waals surface area contributed by atoms with Gasteiger partial charge in [0, 0.05) is 0 Å². The predicted octanol–water partition coefficient (Wildman–Crippen LogP) is 8.00. The average molecular weight is 355 g/mol. The molecule has 0 N–H and O–H groups in total. The van der Waals surface area contributed by atoms with Gasteiger partial charge < -0.3 is 0 Å². The Bertz CT molecular complexity index is 1010. The van der Waals surface area contributed by atoms with Crippen LogP contribution in [-0.2, 0) is 6.42 Å². The van der Waals surface area contributed by atoms with Gasteiger partial charge in [0.15, 0.2) is 0 Å². The molecule has 0 fully saturated rings. The Kier molecular flexibility index (Phi) is 6.29. The number of fused-ring (bicyclic) bond motifs is 2. The highest BCUT2D eigenvalue weighted by Crippen LogP contribution is 2.21. The molecule has 138 valence electrons. The third-order valence-corrected chi connectivity index (χ3v) is 4.90. The molecule has 0 aliphatic rings. The van der Waals surface area contributed by atoms with Gasteiger partial charge in [-0.3, -0.25) is 0 Å². The molecule has 0 saturated carbocycles. The van der Waals surface area contributed by atoms with Crippen molar-refractivity contribution < 1.29 is 0 Å². The predicted molar refractivity (Wildman–Crippen MR) is 121 cm³/mol. The molecule has 0 aliphatic carbocycles. The fourth-order valence-corrected chi connectivity index (χ4v) is 3.40. The molecule has 4 aromatic rings. The van der Waals surface area contributed by atoms with E-state index in [1.54, 1.807) is 0 Å². The van der Waals surface area contributed by atoms with E-state index in [2.05, 4.69) is 113 Å².